The lowest BCUT2D eigenvalue weighted by molar-refractivity contribution is 0.471. The molecule has 12 heavy (non-hydrogen) atoms. The molecule has 1 aromatic carbocycles. The van der Waals surface area contributed by atoms with Gasteiger partial charge >= 0.3 is 0 Å². The number of benzene rings is 1. The van der Waals surface area contributed by atoms with E-state index in [-0.39, 0.29) is 0 Å². The van der Waals surface area contributed by atoms with E-state index in [2.05, 4.69) is 11.8 Å². The van der Waals surface area contributed by atoms with Crippen molar-refractivity contribution in [2.45, 2.75) is 13.8 Å². The highest BCUT2D eigenvalue weighted by atomic mass is 16.3. The van der Waals surface area contributed by atoms with Gasteiger partial charge in [0.25, 0.3) is 0 Å². The van der Waals surface area contributed by atoms with Crippen molar-refractivity contribution < 1.29 is 5.11 Å². The van der Waals surface area contributed by atoms with Gasteiger partial charge in [-0.2, -0.15) is 0 Å². The summed E-state index contributed by atoms with van der Waals surface area (Å²) in [7, 11) is 2.03. The third kappa shape index (κ3) is 1.70. The molecule has 1 rings (SSSR count). The Kier molecular flexibility index (Phi) is 2.58. The molecule has 0 atom stereocenters. The molecular weight excluding hydrogens is 150 g/mol. The van der Waals surface area contributed by atoms with Crippen molar-refractivity contribution >= 4 is 5.69 Å². The number of phenolic OH excluding ortho intramolecular Hbond substituents is 1. The molecule has 2 heteroatoms. The van der Waals surface area contributed by atoms with Gasteiger partial charge in [-0.15, -0.1) is 0 Å². The van der Waals surface area contributed by atoms with E-state index in [9.17, 15) is 5.11 Å². The number of phenols is 1. The zero-order chi connectivity index (χ0) is 9.14. The molecule has 0 amide bonds. The first kappa shape index (κ1) is 8.91. The summed E-state index contributed by atoms with van der Waals surface area (Å²) in [6.45, 7) is 4.98. The molecule has 0 aliphatic heterocycles. The van der Waals surface area contributed by atoms with Crippen LogP contribution in [0, 0.1) is 6.92 Å². The summed E-state index contributed by atoms with van der Waals surface area (Å²) in [5.41, 5.74) is 2.07. The van der Waals surface area contributed by atoms with Crippen LogP contribution in [-0.4, -0.2) is 18.7 Å². The van der Waals surface area contributed by atoms with Crippen molar-refractivity contribution in [3.63, 3.8) is 0 Å². The summed E-state index contributed by atoms with van der Waals surface area (Å²) in [4.78, 5) is 2.13. The first-order valence-corrected chi connectivity index (χ1v) is 4.16. The monoisotopic (exact) mass is 165 g/mol. The molecule has 1 aromatic rings. The minimum absolute atomic E-state index is 0.364. The largest absolute Gasteiger partial charge is 0.508 e. The molecule has 0 spiro atoms. The van der Waals surface area contributed by atoms with Crippen LogP contribution in [0.2, 0.25) is 0 Å². The Hall–Kier alpha value is -1.18. The summed E-state index contributed by atoms with van der Waals surface area (Å²) in [6.07, 6.45) is 0. The first-order valence-electron chi connectivity index (χ1n) is 4.16. The Bertz CT molecular complexity index is 271. The summed E-state index contributed by atoms with van der Waals surface area (Å²) in [5, 5.41) is 9.28. The topological polar surface area (TPSA) is 23.5 Å². The fraction of sp³-hybridized carbons (Fsp3) is 0.400. The number of aryl methyl sites for hydroxylation is 1. The van der Waals surface area contributed by atoms with Crippen molar-refractivity contribution in [1.29, 1.82) is 0 Å². The van der Waals surface area contributed by atoms with Crippen molar-refractivity contribution in [3.05, 3.63) is 23.8 Å². The molecule has 0 heterocycles. The zero-order valence-corrected chi connectivity index (χ0v) is 7.83. The van der Waals surface area contributed by atoms with Crippen LogP contribution in [0.1, 0.15) is 12.5 Å². The lowest BCUT2D eigenvalue weighted by Gasteiger charge is -2.17. The highest BCUT2D eigenvalue weighted by Crippen LogP contribution is 2.21. The highest BCUT2D eigenvalue weighted by Gasteiger charge is 2.00. The number of aromatic hydroxyl groups is 1. The van der Waals surface area contributed by atoms with Gasteiger partial charge in [0.2, 0.25) is 0 Å². The molecule has 0 saturated heterocycles. The van der Waals surface area contributed by atoms with Gasteiger partial charge < -0.3 is 10.0 Å². The van der Waals surface area contributed by atoms with E-state index in [1.807, 2.05) is 26.1 Å². The average Bonchev–Trinajstić information content (AvgIpc) is 2.08. The van der Waals surface area contributed by atoms with Crippen molar-refractivity contribution in [1.82, 2.24) is 0 Å². The fourth-order valence-electron chi connectivity index (χ4n) is 1.06. The van der Waals surface area contributed by atoms with Crippen LogP contribution in [0.25, 0.3) is 0 Å². The Morgan fingerprint density at radius 3 is 2.58 bits per heavy atom. The Labute approximate surface area is 73.4 Å². The Morgan fingerprint density at radius 2 is 2.08 bits per heavy atom. The summed E-state index contributed by atoms with van der Waals surface area (Å²) >= 11 is 0. The molecule has 0 fully saturated rings. The zero-order valence-electron chi connectivity index (χ0n) is 7.83. The first-order chi connectivity index (χ1) is 5.65. The van der Waals surface area contributed by atoms with Gasteiger partial charge in [-0.05, 0) is 37.6 Å². The molecular formula is C10H15NO. The second kappa shape index (κ2) is 3.48. The van der Waals surface area contributed by atoms with Gasteiger partial charge in [0.1, 0.15) is 5.75 Å². The quantitative estimate of drug-likeness (QED) is 0.725. The highest BCUT2D eigenvalue weighted by molar-refractivity contribution is 5.51. The lowest BCUT2D eigenvalue weighted by Crippen LogP contribution is -2.15. The van der Waals surface area contributed by atoms with Gasteiger partial charge in [0.05, 0.1) is 0 Å². The molecule has 0 saturated carbocycles. The van der Waals surface area contributed by atoms with Crippen LogP contribution < -0.4 is 4.90 Å². The normalized spacial score (nSPS) is 9.92. The van der Waals surface area contributed by atoms with E-state index < -0.39 is 0 Å². The van der Waals surface area contributed by atoms with E-state index in [1.165, 1.54) is 0 Å². The third-order valence-corrected chi connectivity index (χ3v) is 2.10. The number of anilines is 1. The van der Waals surface area contributed by atoms with Crippen LogP contribution in [0.4, 0.5) is 5.69 Å². The smallest absolute Gasteiger partial charge is 0.118 e. The standard InChI is InChI=1S/C10H15NO/c1-4-11(3)9-5-6-10(12)8(2)7-9/h5-7,12H,4H2,1-3H3. The van der Waals surface area contributed by atoms with Gasteiger partial charge in [0, 0.05) is 19.3 Å². The fourth-order valence-corrected chi connectivity index (χ4v) is 1.06. The predicted octanol–water partition coefficient (Wildman–Crippen LogP) is 2.16. The number of rotatable bonds is 2. The maximum absolute atomic E-state index is 9.28. The Balaban J connectivity index is 2.96. The van der Waals surface area contributed by atoms with Gasteiger partial charge in [-0.3, -0.25) is 0 Å². The van der Waals surface area contributed by atoms with Crippen molar-refractivity contribution in [2.75, 3.05) is 18.5 Å². The van der Waals surface area contributed by atoms with Crippen LogP contribution in [0.5, 0.6) is 5.75 Å². The molecule has 66 valence electrons. The van der Waals surface area contributed by atoms with E-state index in [0.29, 0.717) is 5.75 Å². The molecule has 1 N–H and O–H groups in total. The minimum Gasteiger partial charge on any atom is -0.508 e. The SMILES string of the molecule is CCN(C)c1ccc(O)c(C)c1. The van der Waals surface area contributed by atoms with Gasteiger partial charge in [-0.25, -0.2) is 0 Å². The molecule has 0 radical (unpaired) electrons. The van der Waals surface area contributed by atoms with E-state index >= 15 is 0 Å². The number of nitrogens with zero attached hydrogens (tertiary/aromatic N) is 1. The molecule has 0 aliphatic carbocycles. The third-order valence-electron chi connectivity index (χ3n) is 2.10. The molecule has 0 bridgehead atoms. The van der Waals surface area contributed by atoms with Crippen LogP contribution >= 0.6 is 0 Å². The van der Waals surface area contributed by atoms with Gasteiger partial charge in [-0.1, -0.05) is 0 Å². The summed E-state index contributed by atoms with van der Waals surface area (Å²) in [5.74, 6) is 0.364. The molecule has 0 aliphatic rings. The van der Waals surface area contributed by atoms with Crippen LogP contribution in [0.3, 0.4) is 0 Å². The van der Waals surface area contributed by atoms with E-state index in [0.717, 1.165) is 17.8 Å². The second-order valence-corrected chi connectivity index (χ2v) is 2.98. The molecule has 2 nitrogen and oxygen atoms in total. The number of hydrogen-bond donors (Lipinski definition) is 1. The van der Waals surface area contributed by atoms with Gasteiger partial charge in [0.15, 0.2) is 0 Å². The molecule has 0 unspecified atom stereocenters. The summed E-state index contributed by atoms with van der Waals surface area (Å²) in [6, 6.07) is 5.64. The van der Waals surface area contributed by atoms with E-state index in [1.54, 1.807) is 6.07 Å². The number of hydrogen-bond acceptors (Lipinski definition) is 2. The van der Waals surface area contributed by atoms with Crippen LogP contribution in [-0.2, 0) is 0 Å². The van der Waals surface area contributed by atoms with Crippen LogP contribution in [0.15, 0.2) is 18.2 Å². The van der Waals surface area contributed by atoms with E-state index in [4.69, 9.17) is 0 Å². The van der Waals surface area contributed by atoms with Crippen molar-refractivity contribution in [2.24, 2.45) is 0 Å². The maximum atomic E-state index is 9.28. The summed E-state index contributed by atoms with van der Waals surface area (Å²) < 4.78 is 0. The average molecular weight is 165 g/mol. The minimum atomic E-state index is 0.364. The lowest BCUT2D eigenvalue weighted by atomic mass is 10.2. The Morgan fingerprint density at radius 1 is 1.42 bits per heavy atom. The molecule has 0 aromatic heterocycles. The second-order valence-electron chi connectivity index (χ2n) is 2.98. The predicted molar refractivity (Wildman–Crippen MR) is 51.8 cm³/mol. The van der Waals surface area contributed by atoms with Crippen molar-refractivity contribution in [3.8, 4) is 5.75 Å². The maximum Gasteiger partial charge on any atom is 0.118 e.